The maximum Gasteiger partial charge on any atom is 0.330 e. The standard InChI is InChI=1S/C14H24N4O3/c1-8(2)6-18-12(15)11(13(20)17-14(18)21)16-10-5-3-4-9(10)7-19/h8-10,16,19H,3-7,15H2,1-2H3,(H,17,20,21). The molecule has 0 radical (unpaired) electrons. The lowest BCUT2D eigenvalue weighted by Crippen LogP contribution is -2.37. The zero-order valence-electron chi connectivity index (χ0n) is 12.6. The Balaban J connectivity index is 2.35. The van der Waals surface area contributed by atoms with E-state index in [9.17, 15) is 14.7 Å². The summed E-state index contributed by atoms with van der Waals surface area (Å²) >= 11 is 0. The first-order valence-electron chi connectivity index (χ1n) is 7.44. The van der Waals surface area contributed by atoms with E-state index < -0.39 is 11.2 Å². The van der Waals surface area contributed by atoms with Crippen molar-refractivity contribution in [2.75, 3.05) is 17.7 Å². The molecule has 1 aromatic heterocycles. The van der Waals surface area contributed by atoms with Crippen LogP contribution in [0.3, 0.4) is 0 Å². The van der Waals surface area contributed by atoms with Crippen molar-refractivity contribution in [1.82, 2.24) is 9.55 Å². The van der Waals surface area contributed by atoms with E-state index in [0.29, 0.717) is 6.54 Å². The Morgan fingerprint density at radius 3 is 2.76 bits per heavy atom. The molecule has 0 saturated heterocycles. The number of aromatic amines is 1. The van der Waals surface area contributed by atoms with E-state index in [1.165, 1.54) is 4.57 Å². The fourth-order valence-corrected chi connectivity index (χ4v) is 2.90. The second kappa shape index (κ2) is 6.34. The number of nitrogen functional groups attached to an aromatic ring is 1. The lowest BCUT2D eigenvalue weighted by molar-refractivity contribution is 0.222. The molecule has 7 nitrogen and oxygen atoms in total. The van der Waals surface area contributed by atoms with Crippen molar-refractivity contribution in [2.24, 2.45) is 11.8 Å². The summed E-state index contributed by atoms with van der Waals surface area (Å²) in [6.07, 6.45) is 2.82. The Kier molecular flexibility index (Phi) is 4.72. The van der Waals surface area contributed by atoms with Crippen LogP contribution in [0, 0.1) is 11.8 Å². The largest absolute Gasteiger partial charge is 0.396 e. The molecule has 2 atom stereocenters. The van der Waals surface area contributed by atoms with Crippen molar-refractivity contribution < 1.29 is 5.11 Å². The molecule has 1 heterocycles. The summed E-state index contributed by atoms with van der Waals surface area (Å²) in [7, 11) is 0. The predicted molar refractivity (Wildman–Crippen MR) is 82.4 cm³/mol. The molecule has 118 valence electrons. The Bertz CT molecular complexity index is 605. The van der Waals surface area contributed by atoms with Gasteiger partial charge in [-0.1, -0.05) is 20.3 Å². The zero-order valence-corrected chi connectivity index (χ0v) is 12.6. The monoisotopic (exact) mass is 296 g/mol. The van der Waals surface area contributed by atoms with E-state index in [-0.39, 0.29) is 36.0 Å². The maximum absolute atomic E-state index is 12.0. The van der Waals surface area contributed by atoms with Gasteiger partial charge in [0.25, 0.3) is 5.56 Å². The second-order valence-electron chi connectivity index (χ2n) is 6.15. The lowest BCUT2D eigenvalue weighted by atomic mass is 10.1. The lowest BCUT2D eigenvalue weighted by Gasteiger charge is -2.22. The van der Waals surface area contributed by atoms with Crippen molar-refractivity contribution >= 4 is 11.5 Å². The maximum atomic E-state index is 12.0. The number of nitrogens with two attached hydrogens (primary N) is 1. The van der Waals surface area contributed by atoms with E-state index in [1.54, 1.807) is 0 Å². The number of hydrogen-bond donors (Lipinski definition) is 4. The van der Waals surface area contributed by atoms with Crippen molar-refractivity contribution in [3.05, 3.63) is 20.8 Å². The summed E-state index contributed by atoms with van der Waals surface area (Å²) in [5.41, 5.74) is 5.27. The normalized spacial score (nSPS) is 21.9. The summed E-state index contributed by atoms with van der Waals surface area (Å²) in [6.45, 7) is 4.48. The number of nitrogens with one attached hydrogen (secondary N) is 2. The first kappa shape index (κ1) is 15.6. The van der Waals surface area contributed by atoms with Gasteiger partial charge in [0.1, 0.15) is 11.5 Å². The molecule has 21 heavy (non-hydrogen) atoms. The van der Waals surface area contributed by atoms with Crippen molar-refractivity contribution in [1.29, 1.82) is 0 Å². The van der Waals surface area contributed by atoms with E-state index in [1.807, 2.05) is 13.8 Å². The molecular formula is C14H24N4O3. The highest BCUT2D eigenvalue weighted by Crippen LogP contribution is 2.28. The third kappa shape index (κ3) is 3.29. The van der Waals surface area contributed by atoms with Crippen LogP contribution in [0.15, 0.2) is 9.59 Å². The molecule has 2 rings (SSSR count). The van der Waals surface area contributed by atoms with Gasteiger partial charge in [-0.15, -0.1) is 0 Å². The zero-order chi connectivity index (χ0) is 15.6. The van der Waals surface area contributed by atoms with Crippen molar-refractivity contribution in [2.45, 2.75) is 45.7 Å². The summed E-state index contributed by atoms with van der Waals surface area (Å²) in [4.78, 5) is 26.2. The molecule has 1 aliphatic rings. The molecule has 1 saturated carbocycles. The van der Waals surface area contributed by atoms with Crippen LogP contribution in [0.25, 0.3) is 0 Å². The van der Waals surface area contributed by atoms with Crippen molar-refractivity contribution in [3.8, 4) is 0 Å². The van der Waals surface area contributed by atoms with Crippen LogP contribution in [0.2, 0.25) is 0 Å². The average molecular weight is 296 g/mol. The minimum absolute atomic E-state index is 0.0170. The number of H-pyrrole nitrogens is 1. The van der Waals surface area contributed by atoms with Gasteiger partial charge in [0, 0.05) is 25.1 Å². The molecule has 0 aromatic carbocycles. The van der Waals surface area contributed by atoms with Gasteiger partial charge >= 0.3 is 5.69 Å². The molecule has 7 heteroatoms. The van der Waals surface area contributed by atoms with Gasteiger partial charge in [-0.3, -0.25) is 14.3 Å². The Hall–Kier alpha value is -1.76. The van der Waals surface area contributed by atoms with E-state index in [0.717, 1.165) is 19.3 Å². The smallest absolute Gasteiger partial charge is 0.330 e. The number of aliphatic hydroxyl groups is 1. The van der Waals surface area contributed by atoms with Crippen LogP contribution >= 0.6 is 0 Å². The highest BCUT2D eigenvalue weighted by molar-refractivity contribution is 5.61. The van der Waals surface area contributed by atoms with E-state index in [4.69, 9.17) is 5.73 Å². The Labute approximate surface area is 123 Å². The molecule has 1 fully saturated rings. The molecule has 0 amide bonds. The minimum Gasteiger partial charge on any atom is -0.396 e. The molecule has 2 unspecified atom stereocenters. The third-order valence-electron chi connectivity index (χ3n) is 4.01. The summed E-state index contributed by atoms with van der Waals surface area (Å²) in [5.74, 6) is 0.524. The first-order chi connectivity index (χ1) is 9.93. The van der Waals surface area contributed by atoms with Crippen LogP contribution < -0.4 is 22.3 Å². The quantitative estimate of drug-likeness (QED) is 0.626. The van der Waals surface area contributed by atoms with Gasteiger partial charge in [-0.2, -0.15) is 0 Å². The molecule has 0 aliphatic heterocycles. The number of aromatic nitrogens is 2. The van der Waals surface area contributed by atoms with Crippen LogP contribution in [0.1, 0.15) is 33.1 Å². The van der Waals surface area contributed by atoms with Crippen LogP contribution in [0.4, 0.5) is 11.5 Å². The number of aliphatic hydroxyl groups excluding tert-OH is 1. The second-order valence-corrected chi connectivity index (χ2v) is 6.15. The fraction of sp³-hybridized carbons (Fsp3) is 0.714. The highest BCUT2D eigenvalue weighted by Gasteiger charge is 2.28. The molecule has 5 N–H and O–H groups in total. The van der Waals surface area contributed by atoms with Crippen molar-refractivity contribution in [3.63, 3.8) is 0 Å². The first-order valence-corrected chi connectivity index (χ1v) is 7.44. The van der Waals surface area contributed by atoms with Gasteiger partial charge in [0.05, 0.1) is 0 Å². The van der Waals surface area contributed by atoms with Gasteiger partial charge in [-0.25, -0.2) is 4.79 Å². The molecule has 1 aromatic rings. The predicted octanol–water partition coefficient (Wildman–Crippen LogP) is 0.348. The summed E-state index contributed by atoms with van der Waals surface area (Å²) in [6, 6.07) is 0.0170. The van der Waals surface area contributed by atoms with Crippen LogP contribution in [-0.2, 0) is 6.54 Å². The molecule has 0 spiro atoms. The van der Waals surface area contributed by atoms with Gasteiger partial charge in [0.2, 0.25) is 0 Å². The number of nitrogens with zero attached hydrogens (tertiary/aromatic N) is 1. The molecular weight excluding hydrogens is 272 g/mol. The Morgan fingerprint density at radius 1 is 1.43 bits per heavy atom. The molecule has 1 aliphatic carbocycles. The van der Waals surface area contributed by atoms with Crippen LogP contribution in [-0.4, -0.2) is 27.3 Å². The minimum atomic E-state index is -0.499. The topological polar surface area (TPSA) is 113 Å². The van der Waals surface area contributed by atoms with E-state index in [2.05, 4.69) is 10.3 Å². The SMILES string of the molecule is CC(C)Cn1c(N)c(NC2CCCC2CO)c(=O)[nH]c1=O. The summed E-state index contributed by atoms with van der Waals surface area (Å²) in [5, 5.41) is 12.5. The average Bonchev–Trinajstić information content (AvgIpc) is 2.86. The summed E-state index contributed by atoms with van der Waals surface area (Å²) < 4.78 is 1.39. The highest BCUT2D eigenvalue weighted by atomic mass is 16.3. The number of hydrogen-bond acceptors (Lipinski definition) is 5. The van der Waals surface area contributed by atoms with Crippen LogP contribution in [0.5, 0.6) is 0 Å². The van der Waals surface area contributed by atoms with Gasteiger partial charge < -0.3 is 16.2 Å². The Morgan fingerprint density at radius 2 is 2.14 bits per heavy atom. The van der Waals surface area contributed by atoms with E-state index >= 15 is 0 Å². The van der Waals surface area contributed by atoms with Gasteiger partial charge in [0.15, 0.2) is 0 Å². The van der Waals surface area contributed by atoms with Gasteiger partial charge in [-0.05, 0) is 18.8 Å². The molecule has 0 bridgehead atoms. The number of rotatable bonds is 5. The third-order valence-corrected chi connectivity index (χ3v) is 4.01. The number of anilines is 2. The fourth-order valence-electron chi connectivity index (χ4n) is 2.90.